The smallest absolute Gasteiger partial charge is 0.364 e. The zero-order chi connectivity index (χ0) is 89.7. The summed E-state index contributed by atoms with van der Waals surface area (Å²) in [5.74, 6) is -14.8. The minimum Gasteiger partial charge on any atom is -0.479 e. The first kappa shape index (κ1) is 101. The minimum absolute atomic E-state index is 0.860. The van der Waals surface area contributed by atoms with E-state index in [0.717, 1.165) is 20.8 Å². The molecule has 0 radical (unpaired) electrons. The molecule has 0 aromatic heterocycles. The van der Waals surface area contributed by atoms with Gasteiger partial charge in [0.05, 0.1) is 101 Å². The van der Waals surface area contributed by atoms with E-state index in [4.69, 9.17) is 87.3 Å². The van der Waals surface area contributed by atoms with Crippen LogP contribution in [-0.2, 0) is 99.8 Å². The van der Waals surface area contributed by atoms with Crippen molar-refractivity contribution in [1.29, 1.82) is 0 Å². The van der Waals surface area contributed by atoms with Crippen molar-refractivity contribution in [2.75, 3.05) is 52.9 Å². The maximum absolute atomic E-state index is 13.7. The van der Waals surface area contributed by atoms with Crippen molar-refractivity contribution in [1.82, 2.24) is 10.6 Å². The molecule has 8 heterocycles. The molecule has 47 atom stereocenters. The van der Waals surface area contributed by atoms with Crippen LogP contribution in [0.15, 0.2) is 0 Å². The van der Waals surface area contributed by atoms with Crippen molar-refractivity contribution >= 4 is 29.7 Å². The SMILES string of the molecule is CC(=O)N[C@@H]([C@@H]1O[C@@](OC[C@H]2O[C@@H](O[C@H]3[C@H](O[C@H]4O[C@H]([C@@H](O)CO)[C@@H](O)[C@H](O)[C@@H]4O[C@H]4O[C@H](C(=O)O)[C@@H](O)[C@H](O)[C@H]4O)[C@H](O)[C@@H](O[C@H]4[C@@H]([C@H](O)CO)O[C@@](OC[C@H]5O[C@@H](OC[C@@H](O)[C@@H](O)[C@H](O)[C@@H](N)CO)[C@H](N)[C@@H](O)[C@@H]5O)(C(=O)O)C[C@H]4O)O[C@@H]3[C@H](O)CO)[C@H](O)[C@@H](O)[C@@H]2O[C@@H]2O[C@H](CO)[C@H](O)[C@H](O)[C@H]2O)(C(=O)O)C[C@H](O)[C@H]1NC(C)=O)[C@@H](C)O. The zero-order valence-electron chi connectivity index (χ0n) is 63.7. The van der Waals surface area contributed by atoms with Crippen molar-refractivity contribution in [3.8, 4) is 0 Å². The summed E-state index contributed by atoms with van der Waals surface area (Å²) >= 11 is 0. The molecule has 0 unspecified atom stereocenters. The standard InChI is InChI=1S/C65H110N4O51/c1-14(75)28(68-15(2)76)50-29(69-16(3)77)18(78)4-64(120-50,62(101)102)107-13-26-49(114-57-41(95)35(89)32(86)24(10-74)108-57)40(94)43(97)58(110-26)118-54-47(21(81)8-72)113-60(44(98)51(54)115-61-53(39(93)38(92)45(111-61)20(80)7-71)117-59-42(96)36(90)37(91)52(116-59)55(99)100)112-46-19(79)5-65(63(103)104,119-48(46)22(82)9-73)106-12-25-33(87)34(88)27(67)56(109-25)105-11-23(83)31(85)30(84)17(66)6-70/h14,17-54,56-61,70-75,78-98H,4-13,66-67H2,1-3H3,(H,68,76)(H,69,77)(H,99,100)(H,101,102)(H,103,104)/t14-,17+,18+,19-,20+,21-,22-,23-,24-,25-,26-,27-,28-,29-,30-,31-,32+,33-,34-,35+,36+,37+,38+,39+,40-,41-,42-,43-,44+,45-,46-,47-,48-,49-,50+,51-,52+,53+,54-,56-,57+,58+,59-,60+,61-,64-,65-/m1/s1. The number of carbonyl (C=O) groups excluding carboxylic acids is 2. The number of carbonyl (C=O) groups is 5. The number of aliphatic hydroxyl groups excluding tert-OH is 27. The highest BCUT2D eigenvalue weighted by atomic mass is 16.8. The van der Waals surface area contributed by atoms with Gasteiger partial charge in [-0.3, -0.25) is 9.59 Å². The van der Waals surface area contributed by atoms with Crippen LogP contribution in [0.25, 0.3) is 0 Å². The average Bonchev–Trinajstić information content (AvgIpc) is 0.750. The van der Waals surface area contributed by atoms with Crippen LogP contribution in [0.2, 0.25) is 0 Å². The third-order valence-electron chi connectivity index (χ3n) is 21.5. The second-order valence-electron chi connectivity index (χ2n) is 30.1. The van der Waals surface area contributed by atoms with Crippen molar-refractivity contribution < 1.29 is 253 Å². The van der Waals surface area contributed by atoms with Gasteiger partial charge >= 0.3 is 17.9 Å². The fourth-order valence-corrected chi connectivity index (χ4v) is 14.7. The Morgan fingerprint density at radius 1 is 0.442 bits per heavy atom. The third-order valence-corrected chi connectivity index (χ3v) is 21.5. The Balaban J connectivity index is 1.21. The van der Waals surface area contributed by atoms with Crippen LogP contribution in [0.1, 0.15) is 33.6 Å². The van der Waals surface area contributed by atoms with Gasteiger partial charge in [0, 0.05) is 26.7 Å². The predicted molar refractivity (Wildman–Crippen MR) is 366 cm³/mol. The van der Waals surface area contributed by atoms with E-state index in [1.807, 2.05) is 0 Å². The summed E-state index contributed by atoms with van der Waals surface area (Å²) in [5, 5.41) is 337. The second kappa shape index (κ2) is 42.9. The highest BCUT2D eigenvalue weighted by Crippen LogP contribution is 2.43. The van der Waals surface area contributed by atoms with E-state index in [9.17, 15) is 177 Å². The molecule has 0 spiro atoms. The Labute approximate surface area is 676 Å². The van der Waals surface area contributed by atoms with Crippen LogP contribution in [-0.4, -0.2) is 523 Å². The summed E-state index contributed by atoms with van der Waals surface area (Å²) in [6.07, 6.45) is -102. The van der Waals surface area contributed by atoms with Crippen LogP contribution < -0.4 is 22.1 Å². The van der Waals surface area contributed by atoms with Crippen molar-refractivity contribution in [2.45, 2.75) is 321 Å². The molecule has 0 aromatic rings. The molecular formula is C65H110N4O51. The summed E-state index contributed by atoms with van der Waals surface area (Å²) in [6, 6.07) is -6.64. The lowest BCUT2D eigenvalue weighted by atomic mass is 9.87. The normalized spacial score (nSPS) is 45.1. The summed E-state index contributed by atoms with van der Waals surface area (Å²) in [7, 11) is 0. The van der Waals surface area contributed by atoms with Gasteiger partial charge in [0.2, 0.25) is 11.8 Å². The number of ether oxygens (including phenoxy) is 16. The molecule has 8 aliphatic heterocycles. The van der Waals surface area contributed by atoms with E-state index in [-0.39, 0.29) is 0 Å². The van der Waals surface area contributed by atoms with Crippen molar-refractivity contribution in [2.24, 2.45) is 11.5 Å². The quantitative estimate of drug-likeness (QED) is 0.0275. The third kappa shape index (κ3) is 22.2. The Morgan fingerprint density at radius 3 is 1.44 bits per heavy atom. The molecular weight excluding hydrogens is 1650 g/mol. The van der Waals surface area contributed by atoms with Crippen LogP contribution in [0, 0.1) is 0 Å². The van der Waals surface area contributed by atoms with Crippen LogP contribution in [0.5, 0.6) is 0 Å². The number of nitrogens with two attached hydrogens (primary N) is 2. The lowest BCUT2D eigenvalue weighted by Gasteiger charge is -2.52. The van der Waals surface area contributed by atoms with Gasteiger partial charge in [-0.1, -0.05) is 0 Å². The first-order valence-electron chi connectivity index (χ1n) is 37.4. The number of rotatable bonds is 37. The maximum Gasteiger partial charge on any atom is 0.364 e. The summed E-state index contributed by atoms with van der Waals surface area (Å²) in [6.45, 7) is -7.18. The van der Waals surface area contributed by atoms with Crippen molar-refractivity contribution in [3.05, 3.63) is 0 Å². The largest absolute Gasteiger partial charge is 0.479 e. The molecule has 55 nitrogen and oxygen atoms in total. The van der Waals surface area contributed by atoms with E-state index < -0.39 is 383 Å². The van der Waals surface area contributed by atoms with Crippen LogP contribution in [0.3, 0.4) is 0 Å². The number of nitrogens with one attached hydrogen (secondary N) is 2. The number of carboxylic acid groups (broad SMARTS) is 3. The fraction of sp³-hybridized carbons (Fsp3) is 0.923. The molecule has 120 heavy (non-hydrogen) atoms. The molecule has 8 saturated heterocycles. The molecule has 8 aliphatic rings. The van der Waals surface area contributed by atoms with E-state index in [2.05, 4.69) is 10.6 Å². The second-order valence-corrected chi connectivity index (χ2v) is 30.1. The lowest BCUT2D eigenvalue weighted by Crippen LogP contribution is -2.71. The van der Waals surface area contributed by atoms with E-state index in [1.165, 1.54) is 0 Å². The Morgan fingerprint density at radius 2 is 0.900 bits per heavy atom. The molecule has 0 aliphatic carbocycles. The van der Waals surface area contributed by atoms with Gasteiger partial charge in [0.1, 0.15) is 183 Å². The Bertz CT molecular complexity index is 3250. The summed E-state index contributed by atoms with van der Waals surface area (Å²) < 4.78 is 93.3. The van der Waals surface area contributed by atoms with Gasteiger partial charge in [-0.25, -0.2) is 14.4 Å². The minimum atomic E-state index is -3.35. The molecule has 696 valence electrons. The molecule has 0 saturated carbocycles. The highest BCUT2D eigenvalue weighted by Gasteiger charge is 2.64. The molecule has 55 heteroatoms. The number of hydrogen-bond donors (Lipinski definition) is 34. The predicted octanol–water partition coefficient (Wildman–Crippen LogP) is -21.9. The lowest BCUT2D eigenvalue weighted by molar-refractivity contribution is -0.417. The molecule has 36 N–H and O–H groups in total. The topological polar surface area (TPSA) is 916 Å². The first-order valence-corrected chi connectivity index (χ1v) is 37.4. The molecule has 2 amide bonds. The van der Waals surface area contributed by atoms with Crippen LogP contribution >= 0.6 is 0 Å². The van der Waals surface area contributed by atoms with Gasteiger partial charge in [-0.15, -0.1) is 0 Å². The monoisotopic (exact) mass is 1760 g/mol. The van der Waals surface area contributed by atoms with Gasteiger partial charge in [0.25, 0.3) is 11.6 Å². The number of carboxylic acids is 3. The summed E-state index contributed by atoms with van der Waals surface area (Å²) in [5.41, 5.74) is 11.6. The molecule has 0 bridgehead atoms. The Kier molecular flexibility index (Phi) is 36.1. The van der Waals surface area contributed by atoms with Gasteiger partial charge in [-0.2, -0.15) is 0 Å². The average molecular weight is 1760 g/mol. The molecule has 8 fully saturated rings. The van der Waals surface area contributed by atoms with Crippen LogP contribution in [0.4, 0.5) is 0 Å². The fourth-order valence-electron chi connectivity index (χ4n) is 14.7. The molecule has 0 aromatic carbocycles. The first-order chi connectivity index (χ1) is 56.2. The zero-order valence-corrected chi connectivity index (χ0v) is 63.7. The Hall–Kier alpha value is -4.45. The number of hydrogen-bond acceptors (Lipinski definition) is 50. The van der Waals surface area contributed by atoms with Gasteiger partial charge in [0.15, 0.2) is 43.8 Å². The number of aliphatic hydroxyl groups is 27. The van der Waals surface area contributed by atoms with E-state index >= 15 is 0 Å². The highest BCUT2D eigenvalue weighted by molar-refractivity contribution is 5.77. The van der Waals surface area contributed by atoms with Crippen molar-refractivity contribution in [3.63, 3.8) is 0 Å². The van der Waals surface area contributed by atoms with E-state index in [1.54, 1.807) is 0 Å². The maximum atomic E-state index is 13.7. The number of amides is 2. The molecule has 8 rings (SSSR count). The summed E-state index contributed by atoms with van der Waals surface area (Å²) in [4.78, 5) is 64.7. The van der Waals surface area contributed by atoms with Gasteiger partial charge in [-0.05, 0) is 6.92 Å². The number of aliphatic carboxylic acids is 3. The van der Waals surface area contributed by atoms with E-state index in [0.29, 0.717) is 0 Å². The van der Waals surface area contributed by atoms with Gasteiger partial charge < -0.3 is 251 Å².